The quantitative estimate of drug-likeness (QED) is 0.406. The van der Waals surface area contributed by atoms with Crippen LogP contribution in [0.5, 0.6) is 0 Å². The van der Waals surface area contributed by atoms with Crippen molar-refractivity contribution in [2.75, 3.05) is 6.61 Å². The van der Waals surface area contributed by atoms with E-state index < -0.39 is 23.4 Å². The highest BCUT2D eigenvalue weighted by molar-refractivity contribution is 5.98. The molecule has 0 heterocycles. The van der Waals surface area contributed by atoms with Crippen molar-refractivity contribution in [2.24, 2.45) is 23.2 Å². The van der Waals surface area contributed by atoms with Crippen molar-refractivity contribution in [3.05, 3.63) is 24.3 Å². The summed E-state index contributed by atoms with van der Waals surface area (Å²) in [5, 5.41) is 0. The molecule has 0 amide bonds. The van der Waals surface area contributed by atoms with E-state index in [1.54, 1.807) is 27.7 Å². The Morgan fingerprint density at radius 3 is 2.19 bits per heavy atom. The van der Waals surface area contributed by atoms with Gasteiger partial charge in [0.25, 0.3) is 0 Å². The van der Waals surface area contributed by atoms with Crippen LogP contribution in [0.1, 0.15) is 54.9 Å². The van der Waals surface area contributed by atoms with Crippen LogP contribution in [0.4, 0.5) is 0 Å². The number of carbonyl (C=O) groups excluding carboxylic acids is 3. The summed E-state index contributed by atoms with van der Waals surface area (Å²) in [6, 6.07) is 0. The van der Waals surface area contributed by atoms with Crippen LogP contribution in [-0.2, 0) is 23.9 Å². The summed E-state index contributed by atoms with van der Waals surface area (Å²) in [6.07, 6.45) is 7.92. The Morgan fingerprint density at radius 1 is 1.12 bits per heavy atom. The number of esters is 2. The lowest BCUT2D eigenvalue weighted by Gasteiger charge is -2.26. The predicted molar refractivity (Wildman–Crippen MR) is 100 cm³/mol. The monoisotopic (exact) mass is 364 g/mol. The first-order chi connectivity index (χ1) is 11.9. The second-order valence-corrected chi connectivity index (χ2v) is 8.41. The first-order valence-corrected chi connectivity index (χ1v) is 9.15. The molecule has 0 bridgehead atoms. The topological polar surface area (TPSA) is 69.7 Å². The summed E-state index contributed by atoms with van der Waals surface area (Å²) >= 11 is 0. The van der Waals surface area contributed by atoms with Gasteiger partial charge in [0.15, 0.2) is 0 Å². The molecule has 0 N–H and O–H groups in total. The highest BCUT2D eigenvalue weighted by Crippen LogP contribution is 2.33. The molecule has 5 nitrogen and oxygen atoms in total. The molecule has 0 aromatic heterocycles. The maximum absolute atomic E-state index is 12.5. The minimum absolute atomic E-state index is 0.211. The smallest absolute Gasteiger partial charge is 0.317 e. The van der Waals surface area contributed by atoms with Crippen LogP contribution in [0, 0.1) is 23.2 Å². The van der Waals surface area contributed by atoms with Gasteiger partial charge in [-0.15, -0.1) is 0 Å². The minimum Gasteiger partial charge on any atom is -0.466 e. The second-order valence-electron chi connectivity index (χ2n) is 8.41. The Bertz CT molecular complexity index is 592. The summed E-state index contributed by atoms with van der Waals surface area (Å²) in [5.41, 5.74) is -0.885. The Hall–Kier alpha value is -1.91. The normalized spacial score (nSPS) is 23.0. The van der Waals surface area contributed by atoms with Gasteiger partial charge in [-0.05, 0) is 47.0 Å². The largest absolute Gasteiger partial charge is 0.466 e. The lowest BCUT2D eigenvalue weighted by molar-refractivity contribution is -0.163. The van der Waals surface area contributed by atoms with Gasteiger partial charge in [0.2, 0.25) is 0 Å². The molecular weight excluding hydrogens is 332 g/mol. The molecule has 0 radical (unpaired) electrons. The predicted octanol–water partition coefficient (Wildman–Crippen LogP) is 3.87. The number of ketones is 1. The van der Waals surface area contributed by atoms with E-state index in [2.05, 4.69) is 0 Å². The molecule has 0 fully saturated rings. The van der Waals surface area contributed by atoms with Gasteiger partial charge in [0.1, 0.15) is 17.3 Å². The summed E-state index contributed by atoms with van der Waals surface area (Å²) in [5.74, 6) is -2.90. The van der Waals surface area contributed by atoms with Gasteiger partial charge < -0.3 is 9.47 Å². The maximum atomic E-state index is 12.5. The zero-order valence-electron chi connectivity index (χ0n) is 17.0. The molecule has 146 valence electrons. The molecule has 1 unspecified atom stereocenters. The van der Waals surface area contributed by atoms with E-state index in [-0.39, 0.29) is 36.1 Å². The zero-order valence-corrected chi connectivity index (χ0v) is 17.0. The van der Waals surface area contributed by atoms with Gasteiger partial charge in [-0.1, -0.05) is 38.2 Å². The highest BCUT2D eigenvalue weighted by atomic mass is 16.6. The number of ether oxygens (including phenoxy) is 2. The van der Waals surface area contributed by atoms with E-state index >= 15 is 0 Å². The highest BCUT2D eigenvalue weighted by Gasteiger charge is 2.36. The van der Waals surface area contributed by atoms with Crippen LogP contribution < -0.4 is 0 Å². The molecule has 0 saturated carbocycles. The molecule has 1 aliphatic rings. The molecule has 0 aliphatic heterocycles. The van der Waals surface area contributed by atoms with Crippen molar-refractivity contribution < 1.29 is 23.9 Å². The van der Waals surface area contributed by atoms with Crippen molar-refractivity contribution in [3.8, 4) is 0 Å². The van der Waals surface area contributed by atoms with E-state index in [1.807, 2.05) is 38.2 Å². The number of hydrogen-bond donors (Lipinski definition) is 0. The minimum atomic E-state index is -0.907. The number of allylic oxidation sites excluding steroid dienone is 3. The van der Waals surface area contributed by atoms with Gasteiger partial charge in [-0.2, -0.15) is 0 Å². The third kappa shape index (κ3) is 6.77. The van der Waals surface area contributed by atoms with Crippen molar-refractivity contribution in [3.63, 3.8) is 0 Å². The van der Waals surface area contributed by atoms with Gasteiger partial charge >= 0.3 is 11.9 Å². The van der Waals surface area contributed by atoms with Crippen LogP contribution in [0.2, 0.25) is 0 Å². The third-order valence-electron chi connectivity index (χ3n) is 4.22. The summed E-state index contributed by atoms with van der Waals surface area (Å²) < 4.78 is 10.6. The Kier molecular flexibility index (Phi) is 7.36. The lowest BCUT2D eigenvalue weighted by atomic mass is 9.83. The number of carbonyl (C=O) groups is 3. The van der Waals surface area contributed by atoms with Crippen molar-refractivity contribution in [1.29, 1.82) is 0 Å². The first-order valence-electron chi connectivity index (χ1n) is 9.15. The molecule has 0 spiro atoms. The lowest BCUT2D eigenvalue weighted by Crippen LogP contribution is -2.34. The number of Topliss-reactive ketones (excluding diaryl/α,β-unsaturated/α-hetero) is 1. The SMILES string of the molecule is CCOC(=O)[C@H]1C=CC(C)(C)C=C[C@H]1CC(C(C)=O)C(=O)OC(C)(C)C. The van der Waals surface area contributed by atoms with Crippen molar-refractivity contribution >= 4 is 17.7 Å². The molecule has 5 heteroatoms. The molecule has 26 heavy (non-hydrogen) atoms. The Morgan fingerprint density at radius 2 is 1.69 bits per heavy atom. The molecule has 0 aromatic rings. The molecule has 1 rings (SSSR count). The molecular formula is C21H32O5. The summed E-state index contributed by atoms with van der Waals surface area (Å²) in [7, 11) is 0. The second kappa shape index (κ2) is 8.65. The van der Waals surface area contributed by atoms with Gasteiger partial charge in [0, 0.05) is 5.41 Å². The van der Waals surface area contributed by atoms with Crippen LogP contribution in [0.3, 0.4) is 0 Å². The van der Waals surface area contributed by atoms with E-state index in [0.29, 0.717) is 0 Å². The fourth-order valence-corrected chi connectivity index (χ4v) is 2.83. The van der Waals surface area contributed by atoms with Crippen LogP contribution >= 0.6 is 0 Å². The number of hydrogen-bond acceptors (Lipinski definition) is 5. The van der Waals surface area contributed by atoms with Gasteiger partial charge in [-0.25, -0.2) is 0 Å². The maximum Gasteiger partial charge on any atom is 0.317 e. The average Bonchev–Trinajstić information content (AvgIpc) is 2.61. The third-order valence-corrected chi connectivity index (χ3v) is 4.22. The Balaban J connectivity index is 3.12. The fourth-order valence-electron chi connectivity index (χ4n) is 2.83. The molecule has 3 atom stereocenters. The average molecular weight is 364 g/mol. The standard InChI is InChI=1S/C21H32O5/c1-8-25-18(23)16-10-12-21(6,7)11-9-15(16)13-17(14(2)22)19(24)26-20(3,4)5/h9-12,15-17H,8,13H2,1-7H3/t15-,16-,17?/m0/s1. The molecule has 0 saturated heterocycles. The van der Waals surface area contributed by atoms with E-state index in [4.69, 9.17) is 9.47 Å². The van der Waals surface area contributed by atoms with Crippen LogP contribution in [0.25, 0.3) is 0 Å². The summed E-state index contributed by atoms with van der Waals surface area (Å²) in [4.78, 5) is 37.0. The van der Waals surface area contributed by atoms with Crippen LogP contribution in [0.15, 0.2) is 24.3 Å². The fraction of sp³-hybridized carbons (Fsp3) is 0.667. The molecule has 1 aliphatic carbocycles. The van der Waals surface area contributed by atoms with Crippen LogP contribution in [-0.4, -0.2) is 29.9 Å². The zero-order chi connectivity index (χ0) is 20.1. The summed E-state index contributed by atoms with van der Waals surface area (Å²) in [6.45, 7) is 12.8. The first kappa shape index (κ1) is 22.1. The number of rotatable bonds is 6. The van der Waals surface area contributed by atoms with E-state index in [1.165, 1.54) is 6.92 Å². The Labute approximate surface area is 156 Å². The van der Waals surface area contributed by atoms with Crippen molar-refractivity contribution in [1.82, 2.24) is 0 Å². The van der Waals surface area contributed by atoms with Gasteiger partial charge in [-0.3, -0.25) is 14.4 Å². The van der Waals surface area contributed by atoms with Gasteiger partial charge in [0.05, 0.1) is 12.5 Å². The van der Waals surface area contributed by atoms with E-state index in [9.17, 15) is 14.4 Å². The van der Waals surface area contributed by atoms with E-state index in [0.717, 1.165) is 0 Å². The van der Waals surface area contributed by atoms with Crippen molar-refractivity contribution in [2.45, 2.75) is 60.5 Å². The molecule has 0 aromatic carbocycles.